The van der Waals surface area contributed by atoms with Gasteiger partial charge < -0.3 is 14.8 Å². The molecule has 0 unspecified atom stereocenters. The summed E-state index contributed by atoms with van der Waals surface area (Å²) in [6.45, 7) is 1.96. The van der Waals surface area contributed by atoms with Gasteiger partial charge >= 0.3 is 0 Å². The lowest BCUT2D eigenvalue weighted by Gasteiger charge is -2.09. The molecular formula is C24H21N3O3S. The fraction of sp³-hybridized carbons (Fsp3) is 0.125. The molecule has 0 fully saturated rings. The van der Waals surface area contributed by atoms with E-state index in [9.17, 15) is 4.79 Å². The summed E-state index contributed by atoms with van der Waals surface area (Å²) in [5.74, 6) is 1.04. The molecule has 0 aliphatic heterocycles. The van der Waals surface area contributed by atoms with E-state index in [1.165, 1.54) is 6.08 Å². The fourth-order valence-electron chi connectivity index (χ4n) is 3.13. The van der Waals surface area contributed by atoms with Crippen molar-refractivity contribution in [3.63, 3.8) is 0 Å². The number of amides is 1. The van der Waals surface area contributed by atoms with Gasteiger partial charge in [0.15, 0.2) is 11.5 Å². The third-order valence-electron chi connectivity index (χ3n) is 4.73. The highest BCUT2D eigenvalue weighted by atomic mass is 32.1. The number of thiazole rings is 1. The van der Waals surface area contributed by atoms with Gasteiger partial charge in [-0.15, -0.1) is 0 Å². The van der Waals surface area contributed by atoms with Crippen LogP contribution in [0.5, 0.6) is 11.5 Å². The third-order valence-corrected chi connectivity index (χ3v) is 5.76. The summed E-state index contributed by atoms with van der Waals surface area (Å²) in [6, 6.07) is 15.2. The van der Waals surface area contributed by atoms with Crippen LogP contribution in [0.15, 0.2) is 60.8 Å². The molecule has 0 atom stereocenters. The van der Waals surface area contributed by atoms with Gasteiger partial charge in [-0.05, 0) is 66.6 Å². The number of benzene rings is 2. The standard InChI is InChI=1S/C24H21N3O3S/c1-15-13-17(23-27-19-5-4-12-25-24(19)31-23)8-9-18(15)26-22(28)11-7-16-6-10-20(29-2)21(14-16)30-3/h4-14H,1-3H3,(H,26,28)/b11-7+. The van der Waals surface area contributed by atoms with Crippen LogP contribution in [-0.2, 0) is 4.79 Å². The first kappa shape index (κ1) is 20.6. The molecule has 0 saturated heterocycles. The third kappa shape index (κ3) is 4.57. The molecule has 31 heavy (non-hydrogen) atoms. The number of fused-ring (bicyclic) bond motifs is 1. The molecule has 1 N–H and O–H groups in total. The topological polar surface area (TPSA) is 73.3 Å². The minimum atomic E-state index is -0.213. The number of pyridine rings is 1. The van der Waals surface area contributed by atoms with Gasteiger partial charge in [0.2, 0.25) is 5.91 Å². The molecule has 6 nitrogen and oxygen atoms in total. The highest BCUT2D eigenvalue weighted by Crippen LogP contribution is 2.31. The quantitative estimate of drug-likeness (QED) is 0.418. The highest BCUT2D eigenvalue weighted by Gasteiger charge is 2.09. The van der Waals surface area contributed by atoms with Gasteiger partial charge in [0.1, 0.15) is 15.4 Å². The molecular weight excluding hydrogens is 410 g/mol. The highest BCUT2D eigenvalue weighted by molar-refractivity contribution is 7.21. The van der Waals surface area contributed by atoms with Crippen LogP contribution in [0.1, 0.15) is 11.1 Å². The number of aryl methyl sites for hydroxylation is 1. The van der Waals surface area contributed by atoms with E-state index in [4.69, 9.17) is 9.47 Å². The summed E-state index contributed by atoms with van der Waals surface area (Å²) in [6.07, 6.45) is 4.99. The average Bonchev–Trinajstić information content (AvgIpc) is 3.23. The van der Waals surface area contributed by atoms with E-state index in [0.29, 0.717) is 11.5 Å². The Balaban J connectivity index is 1.48. The number of rotatable bonds is 6. The second-order valence-electron chi connectivity index (χ2n) is 6.81. The Kier molecular flexibility index (Phi) is 5.95. The van der Waals surface area contributed by atoms with Crippen molar-refractivity contribution in [2.45, 2.75) is 6.92 Å². The number of hydrogen-bond donors (Lipinski definition) is 1. The summed E-state index contributed by atoms with van der Waals surface area (Å²) in [5.41, 5.74) is 4.43. The molecule has 4 aromatic rings. The molecule has 0 spiro atoms. The van der Waals surface area contributed by atoms with Gasteiger partial charge in [-0.1, -0.05) is 17.4 Å². The van der Waals surface area contributed by atoms with E-state index < -0.39 is 0 Å². The van der Waals surface area contributed by atoms with Crippen LogP contribution in [0, 0.1) is 6.92 Å². The molecule has 0 saturated carbocycles. The first-order chi connectivity index (χ1) is 15.1. The van der Waals surface area contributed by atoms with Gasteiger partial charge in [0.25, 0.3) is 0 Å². The van der Waals surface area contributed by atoms with Crippen molar-refractivity contribution in [3.05, 3.63) is 71.9 Å². The minimum Gasteiger partial charge on any atom is -0.493 e. The summed E-state index contributed by atoms with van der Waals surface area (Å²) in [5, 5.41) is 3.83. The van der Waals surface area contributed by atoms with Crippen molar-refractivity contribution in [3.8, 4) is 22.1 Å². The van der Waals surface area contributed by atoms with Gasteiger partial charge in [0.05, 0.1) is 14.2 Å². The summed E-state index contributed by atoms with van der Waals surface area (Å²) in [4.78, 5) is 22.3. The Labute approximate surface area is 184 Å². The van der Waals surface area contributed by atoms with Crippen molar-refractivity contribution >= 4 is 39.4 Å². The lowest BCUT2D eigenvalue weighted by Crippen LogP contribution is -2.08. The number of methoxy groups -OCH3 is 2. The molecule has 4 rings (SSSR count). The van der Waals surface area contributed by atoms with Gasteiger partial charge in [-0.2, -0.15) is 0 Å². The number of aromatic nitrogens is 2. The molecule has 2 heterocycles. The molecule has 7 heteroatoms. The van der Waals surface area contributed by atoms with E-state index in [2.05, 4.69) is 15.3 Å². The van der Waals surface area contributed by atoms with E-state index in [-0.39, 0.29) is 5.91 Å². The first-order valence-corrected chi connectivity index (χ1v) is 10.4. The van der Waals surface area contributed by atoms with Crippen LogP contribution in [0.4, 0.5) is 5.69 Å². The lowest BCUT2D eigenvalue weighted by atomic mass is 10.1. The van der Waals surface area contributed by atoms with Crippen LogP contribution in [0.2, 0.25) is 0 Å². The Morgan fingerprint density at radius 3 is 2.65 bits per heavy atom. The predicted molar refractivity (Wildman–Crippen MR) is 125 cm³/mol. The molecule has 2 aromatic carbocycles. The van der Waals surface area contributed by atoms with E-state index in [0.717, 1.165) is 37.7 Å². The monoisotopic (exact) mass is 431 g/mol. The Bertz CT molecular complexity index is 1250. The Morgan fingerprint density at radius 1 is 1.06 bits per heavy atom. The fourth-order valence-corrected chi connectivity index (χ4v) is 4.04. The van der Waals surface area contributed by atoms with Gasteiger partial charge in [-0.25, -0.2) is 9.97 Å². The van der Waals surface area contributed by atoms with Crippen LogP contribution >= 0.6 is 11.3 Å². The van der Waals surface area contributed by atoms with Crippen LogP contribution < -0.4 is 14.8 Å². The van der Waals surface area contributed by atoms with Crippen molar-refractivity contribution in [2.24, 2.45) is 0 Å². The van der Waals surface area contributed by atoms with Crippen LogP contribution in [0.3, 0.4) is 0 Å². The van der Waals surface area contributed by atoms with Gasteiger partial charge in [-0.3, -0.25) is 4.79 Å². The number of carbonyl (C=O) groups is 1. The van der Waals surface area contributed by atoms with Crippen LogP contribution in [-0.4, -0.2) is 30.1 Å². The molecule has 1 amide bonds. The zero-order chi connectivity index (χ0) is 21.8. The number of nitrogens with zero attached hydrogens (tertiary/aromatic N) is 2. The molecule has 156 valence electrons. The van der Waals surface area contributed by atoms with E-state index in [1.807, 2.05) is 49.4 Å². The summed E-state index contributed by atoms with van der Waals surface area (Å²) in [7, 11) is 3.16. The van der Waals surface area contributed by atoms with Crippen molar-refractivity contribution < 1.29 is 14.3 Å². The maximum Gasteiger partial charge on any atom is 0.248 e. The summed E-state index contributed by atoms with van der Waals surface area (Å²) < 4.78 is 10.5. The predicted octanol–water partition coefficient (Wildman–Crippen LogP) is 5.34. The number of ether oxygens (including phenoxy) is 2. The molecule has 2 aromatic heterocycles. The molecule has 0 radical (unpaired) electrons. The van der Waals surface area contributed by atoms with Crippen molar-refractivity contribution in [2.75, 3.05) is 19.5 Å². The zero-order valence-corrected chi connectivity index (χ0v) is 18.2. The minimum absolute atomic E-state index is 0.213. The smallest absolute Gasteiger partial charge is 0.248 e. The summed E-state index contributed by atoms with van der Waals surface area (Å²) >= 11 is 1.55. The molecule has 0 aliphatic carbocycles. The average molecular weight is 432 g/mol. The first-order valence-electron chi connectivity index (χ1n) is 9.61. The number of carbonyl (C=O) groups excluding carboxylic acids is 1. The maximum absolute atomic E-state index is 12.4. The largest absolute Gasteiger partial charge is 0.493 e. The Hall–Kier alpha value is -3.71. The van der Waals surface area contributed by atoms with E-state index in [1.54, 1.807) is 43.9 Å². The lowest BCUT2D eigenvalue weighted by molar-refractivity contribution is -0.111. The number of hydrogen-bond acceptors (Lipinski definition) is 6. The Morgan fingerprint density at radius 2 is 1.90 bits per heavy atom. The van der Waals surface area contributed by atoms with E-state index >= 15 is 0 Å². The maximum atomic E-state index is 12.4. The number of anilines is 1. The molecule has 0 aliphatic rings. The van der Waals surface area contributed by atoms with Crippen molar-refractivity contribution in [1.82, 2.24) is 9.97 Å². The number of nitrogens with one attached hydrogen (secondary N) is 1. The van der Waals surface area contributed by atoms with Crippen molar-refractivity contribution in [1.29, 1.82) is 0 Å². The normalized spacial score (nSPS) is 11.1. The SMILES string of the molecule is COc1ccc(/C=C/C(=O)Nc2ccc(-c3nc4cccnc4s3)cc2C)cc1OC. The second-order valence-corrected chi connectivity index (χ2v) is 7.79. The second kappa shape index (κ2) is 8.97. The zero-order valence-electron chi connectivity index (χ0n) is 17.4. The van der Waals surface area contributed by atoms with Crippen LogP contribution in [0.25, 0.3) is 27.0 Å². The molecule has 0 bridgehead atoms. The van der Waals surface area contributed by atoms with Gasteiger partial charge in [0, 0.05) is 23.5 Å².